The maximum absolute atomic E-state index is 12.2. The average molecular weight is 292 g/mol. The molecule has 114 valence electrons. The molecule has 0 aromatic heterocycles. The molecule has 0 aliphatic heterocycles. The maximum Gasteiger partial charge on any atom is 0.319 e. The molecule has 1 aliphatic carbocycles. The van der Waals surface area contributed by atoms with Crippen LogP contribution in [0.3, 0.4) is 0 Å². The van der Waals surface area contributed by atoms with E-state index in [1.54, 1.807) is 18.2 Å². The number of carbonyl (C=O) groups excluding carboxylic acids is 1. The summed E-state index contributed by atoms with van der Waals surface area (Å²) in [6.45, 7) is 0. The van der Waals surface area contributed by atoms with Gasteiger partial charge in [-0.2, -0.15) is 0 Å². The first-order chi connectivity index (χ1) is 10.0. The quantitative estimate of drug-likeness (QED) is 0.778. The van der Waals surface area contributed by atoms with Gasteiger partial charge in [-0.25, -0.2) is 4.79 Å². The molecule has 6 heteroatoms. The lowest BCUT2D eigenvalue weighted by molar-refractivity contribution is -0.138. The van der Waals surface area contributed by atoms with Crippen LogP contribution >= 0.6 is 0 Å². The van der Waals surface area contributed by atoms with Crippen molar-refractivity contribution in [3.8, 4) is 5.75 Å². The molecule has 21 heavy (non-hydrogen) atoms. The zero-order chi connectivity index (χ0) is 15.3. The van der Waals surface area contributed by atoms with Crippen LogP contribution in [0.15, 0.2) is 24.3 Å². The Morgan fingerprint density at radius 3 is 2.57 bits per heavy atom. The van der Waals surface area contributed by atoms with Gasteiger partial charge < -0.3 is 20.5 Å². The first kappa shape index (κ1) is 15.2. The molecular weight excluding hydrogens is 272 g/mol. The molecule has 1 saturated carbocycles. The van der Waals surface area contributed by atoms with E-state index in [1.807, 2.05) is 6.07 Å². The maximum atomic E-state index is 12.2. The highest BCUT2D eigenvalue weighted by atomic mass is 16.5. The van der Waals surface area contributed by atoms with Gasteiger partial charge in [0.15, 0.2) is 0 Å². The van der Waals surface area contributed by atoms with E-state index in [0.717, 1.165) is 12.8 Å². The van der Waals surface area contributed by atoms with Crippen molar-refractivity contribution in [2.45, 2.75) is 37.6 Å². The molecule has 2 amide bonds. The van der Waals surface area contributed by atoms with E-state index < -0.39 is 17.5 Å². The van der Waals surface area contributed by atoms with E-state index in [-0.39, 0.29) is 6.42 Å². The van der Waals surface area contributed by atoms with Crippen LogP contribution in [0.1, 0.15) is 32.1 Å². The van der Waals surface area contributed by atoms with Crippen molar-refractivity contribution in [3.63, 3.8) is 0 Å². The number of hydrogen-bond donors (Lipinski definition) is 3. The van der Waals surface area contributed by atoms with Crippen LogP contribution < -0.4 is 15.4 Å². The van der Waals surface area contributed by atoms with E-state index in [9.17, 15) is 9.59 Å². The summed E-state index contributed by atoms with van der Waals surface area (Å²) in [6.07, 6.45) is 3.20. The summed E-state index contributed by atoms with van der Waals surface area (Å²) < 4.78 is 5.17. The molecule has 0 saturated heterocycles. The number of carboxylic acids is 1. The molecule has 6 nitrogen and oxygen atoms in total. The molecule has 0 radical (unpaired) electrons. The molecule has 3 N–H and O–H groups in total. The summed E-state index contributed by atoms with van der Waals surface area (Å²) in [5.74, 6) is -0.333. The number of urea groups is 1. The lowest BCUT2D eigenvalue weighted by Gasteiger charge is -2.28. The third-order valence-corrected chi connectivity index (χ3v) is 3.78. The molecule has 2 rings (SSSR count). The molecular formula is C15H20N2O4. The number of rotatable bonds is 5. The SMILES string of the molecule is COc1ccccc1NC(=O)NC1(CC(=O)O)CCCC1. The Morgan fingerprint density at radius 2 is 1.95 bits per heavy atom. The second-order valence-electron chi connectivity index (χ2n) is 5.34. The summed E-state index contributed by atoms with van der Waals surface area (Å²) in [5.41, 5.74) is -0.0845. The first-order valence-corrected chi connectivity index (χ1v) is 6.99. The zero-order valence-electron chi connectivity index (χ0n) is 12.0. The van der Waals surface area contributed by atoms with Crippen molar-refractivity contribution in [1.82, 2.24) is 5.32 Å². The Bertz CT molecular complexity index is 524. The molecule has 1 aromatic carbocycles. The largest absolute Gasteiger partial charge is 0.495 e. The van der Waals surface area contributed by atoms with Gasteiger partial charge in [-0.1, -0.05) is 25.0 Å². The van der Waals surface area contributed by atoms with Crippen LogP contribution in [0, 0.1) is 0 Å². The average Bonchev–Trinajstić information content (AvgIpc) is 2.86. The fourth-order valence-electron chi connectivity index (χ4n) is 2.83. The number of para-hydroxylation sites is 2. The topological polar surface area (TPSA) is 87.7 Å². The van der Waals surface area contributed by atoms with Gasteiger partial charge in [-0.3, -0.25) is 4.79 Å². The van der Waals surface area contributed by atoms with E-state index in [0.29, 0.717) is 24.3 Å². The van der Waals surface area contributed by atoms with Crippen molar-refractivity contribution in [3.05, 3.63) is 24.3 Å². The fraction of sp³-hybridized carbons (Fsp3) is 0.467. The van der Waals surface area contributed by atoms with Crippen LogP contribution in [0.4, 0.5) is 10.5 Å². The van der Waals surface area contributed by atoms with Crippen LogP contribution in [0.5, 0.6) is 5.75 Å². The Hall–Kier alpha value is -2.24. The number of carboxylic acid groups (broad SMARTS) is 1. The number of ether oxygens (including phenoxy) is 1. The number of methoxy groups -OCH3 is 1. The van der Waals surface area contributed by atoms with Crippen molar-refractivity contribution >= 4 is 17.7 Å². The predicted octanol–water partition coefficient (Wildman–Crippen LogP) is 2.60. The van der Waals surface area contributed by atoms with Crippen molar-refractivity contribution in [2.24, 2.45) is 0 Å². The number of hydrogen-bond acceptors (Lipinski definition) is 3. The molecule has 1 aromatic rings. The fourth-order valence-corrected chi connectivity index (χ4v) is 2.83. The second-order valence-corrected chi connectivity index (χ2v) is 5.34. The highest BCUT2D eigenvalue weighted by Crippen LogP contribution is 2.33. The van der Waals surface area contributed by atoms with Gasteiger partial charge in [0.2, 0.25) is 0 Å². The van der Waals surface area contributed by atoms with Gasteiger partial charge in [-0.05, 0) is 25.0 Å². The summed E-state index contributed by atoms with van der Waals surface area (Å²) in [4.78, 5) is 23.2. The van der Waals surface area contributed by atoms with Crippen LogP contribution in [-0.4, -0.2) is 29.8 Å². The normalized spacial score (nSPS) is 16.2. The van der Waals surface area contributed by atoms with Crippen LogP contribution in [0.2, 0.25) is 0 Å². The number of carbonyl (C=O) groups is 2. The number of nitrogens with one attached hydrogen (secondary N) is 2. The lowest BCUT2D eigenvalue weighted by Crippen LogP contribution is -2.49. The molecule has 0 bridgehead atoms. The molecule has 0 unspecified atom stereocenters. The van der Waals surface area contributed by atoms with Crippen LogP contribution in [0.25, 0.3) is 0 Å². The Kier molecular flexibility index (Phi) is 4.67. The molecule has 1 fully saturated rings. The highest BCUT2D eigenvalue weighted by Gasteiger charge is 2.37. The first-order valence-electron chi connectivity index (χ1n) is 6.99. The minimum atomic E-state index is -0.894. The lowest BCUT2D eigenvalue weighted by atomic mass is 9.93. The predicted molar refractivity (Wildman–Crippen MR) is 78.6 cm³/mol. The van der Waals surface area contributed by atoms with E-state index in [4.69, 9.17) is 9.84 Å². The van der Waals surface area contributed by atoms with Crippen LogP contribution in [-0.2, 0) is 4.79 Å². The number of anilines is 1. The summed E-state index contributed by atoms with van der Waals surface area (Å²) in [7, 11) is 1.53. The third kappa shape index (κ3) is 3.87. The Balaban J connectivity index is 2.04. The minimum Gasteiger partial charge on any atom is -0.495 e. The third-order valence-electron chi connectivity index (χ3n) is 3.78. The monoisotopic (exact) mass is 292 g/mol. The summed E-state index contributed by atoms with van der Waals surface area (Å²) in [6, 6.07) is 6.68. The van der Waals surface area contributed by atoms with Gasteiger partial charge in [0.05, 0.1) is 24.8 Å². The molecule has 0 atom stereocenters. The van der Waals surface area contributed by atoms with E-state index in [2.05, 4.69) is 10.6 Å². The van der Waals surface area contributed by atoms with Crippen molar-refractivity contribution < 1.29 is 19.4 Å². The second kappa shape index (κ2) is 6.47. The Morgan fingerprint density at radius 1 is 1.29 bits per heavy atom. The smallest absolute Gasteiger partial charge is 0.319 e. The summed E-state index contributed by atoms with van der Waals surface area (Å²) in [5, 5.41) is 14.6. The van der Waals surface area contributed by atoms with E-state index >= 15 is 0 Å². The van der Waals surface area contributed by atoms with Gasteiger partial charge in [-0.15, -0.1) is 0 Å². The summed E-state index contributed by atoms with van der Waals surface area (Å²) >= 11 is 0. The van der Waals surface area contributed by atoms with Gasteiger partial charge >= 0.3 is 12.0 Å². The highest BCUT2D eigenvalue weighted by molar-refractivity contribution is 5.91. The zero-order valence-corrected chi connectivity index (χ0v) is 12.0. The number of amides is 2. The minimum absolute atomic E-state index is 0.0493. The molecule has 0 spiro atoms. The number of benzene rings is 1. The molecule has 1 aliphatic rings. The standard InChI is InChI=1S/C15H20N2O4/c1-21-12-7-3-2-6-11(12)16-14(20)17-15(10-13(18)19)8-4-5-9-15/h2-3,6-7H,4-5,8-10H2,1H3,(H,18,19)(H2,16,17,20). The van der Waals surface area contributed by atoms with E-state index in [1.165, 1.54) is 7.11 Å². The van der Waals surface area contributed by atoms with Crippen molar-refractivity contribution in [2.75, 3.05) is 12.4 Å². The van der Waals surface area contributed by atoms with Gasteiger partial charge in [0.25, 0.3) is 0 Å². The number of aliphatic carboxylic acids is 1. The molecule has 0 heterocycles. The van der Waals surface area contributed by atoms with Crippen molar-refractivity contribution in [1.29, 1.82) is 0 Å². The Labute approximate surface area is 123 Å². The van der Waals surface area contributed by atoms with Gasteiger partial charge in [0, 0.05) is 0 Å². The van der Waals surface area contributed by atoms with Gasteiger partial charge in [0.1, 0.15) is 5.75 Å².